The van der Waals surface area contributed by atoms with E-state index in [-0.39, 0.29) is 10.6 Å². The summed E-state index contributed by atoms with van der Waals surface area (Å²) in [6.45, 7) is 0.794. The van der Waals surface area contributed by atoms with Crippen LogP contribution in [0.1, 0.15) is 17.5 Å². The molecule has 0 aromatic heterocycles. The second-order valence-electron chi connectivity index (χ2n) is 6.20. The lowest BCUT2D eigenvalue weighted by atomic mass is 10.0. The number of non-ortho nitro benzene ring substituents is 1. The number of nitro benzene ring substituents is 1. The summed E-state index contributed by atoms with van der Waals surface area (Å²) in [7, 11) is 0. The molecule has 4 heteroatoms. The first kappa shape index (κ1) is 15.4. The lowest BCUT2D eigenvalue weighted by molar-refractivity contribution is -0.383. The van der Waals surface area contributed by atoms with Gasteiger partial charge in [-0.05, 0) is 41.7 Å². The average molecular weight is 330 g/mol. The Hall–Kier alpha value is -3.14. The maximum absolute atomic E-state index is 11.2. The minimum Gasteiger partial charge on any atom is -0.384 e. The third-order valence-electron chi connectivity index (χ3n) is 4.74. The summed E-state index contributed by atoms with van der Waals surface area (Å²) < 4.78 is 0. The third-order valence-corrected chi connectivity index (χ3v) is 4.74. The van der Waals surface area contributed by atoms with Crippen LogP contribution in [0.15, 0.2) is 66.7 Å². The van der Waals surface area contributed by atoms with Crippen molar-refractivity contribution in [2.24, 2.45) is 0 Å². The highest BCUT2D eigenvalue weighted by Gasteiger charge is 2.15. The number of fused-ring (bicyclic) bond motifs is 2. The van der Waals surface area contributed by atoms with E-state index in [1.807, 2.05) is 18.2 Å². The first-order valence-corrected chi connectivity index (χ1v) is 8.41. The van der Waals surface area contributed by atoms with E-state index in [2.05, 4.69) is 35.7 Å². The minimum absolute atomic E-state index is 0.147. The standard InChI is InChI=1S/C21H18N2O2/c24-23(25)21-12-11-20(18-7-3-4-8-19(18)21)22-14-13-16-10-9-15-5-1-2-6-17(15)16/h1-8,10-12,22H,9,13-14H2. The van der Waals surface area contributed by atoms with Crippen LogP contribution in [-0.4, -0.2) is 11.5 Å². The summed E-state index contributed by atoms with van der Waals surface area (Å²) >= 11 is 0. The van der Waals surface area contributed by atoms with Gasteiger partial charge in [0.05, 0.1) is 10.3 Å². The Kier molecular flexibility index (Phi) is 3.94. The van der Waals surface area contributed by atoms with E-state index < -0.39 is 0 Å². The Bertz CT molecular complexity index is 992. The minimum atomic E-state index is -0.327. The summed E-state index contributed by atoms with van der Waals surface area (Å²) in [5.41, 5.74) is 5.19. The Morgan fingerprint density at radius 3 is 2.56 bits per heavy atom. The van der Waals surface area contributed by atoms with Crippen molar-refractivity contribution in [2.45, 2.75) is 12.8 Å². The van der Waals surface area contributed by atoms with Crippen molar-refractivity contribution in [1.29, 1.82) is 0 Å². The maximum atomic E-state index is 11.2. The molecule has 0 amide bonds. The van der Waals surface area contributed by atoms with Crippen LogP contribution in [0.5, 0.6) is 0 Å². The van der Waals surface area contributed by atoms with Gasteiger partial charge >= 0.3 is 0 Å². The SMILES string of the molecule is O=[N+]([O-])c1ccc(NCCC2=CCc3ccccc32)c2ccccc12. The molecule has 0 spiro atoms. The van der Waals surface area contributed by atoms with Crippen molar-refractivity contribution in [3.8, 4) is 0 Å². The molecule has 0 saturated carbocycles. The van der Waals surface area contributed by atoms with E-state index in [0.29, 0.717) is 5.39 Å². The van der Waals surface area contributed by atoms with Gasteiger partial charge < -0.3 is 5.32 Å². The molecule has 0 atom stereocenters. The van der Waals surface area contributed by atoms with E-state index in [1.165, 1.54) is 16.7 Å². The van der Waals surface area contributed by atoms with Crippen LogP contribution < -0.4 is 5.32 Å². The van der Waals surface area contributed by atoms with Crippen LogP contribution in [-0.2, 0) is 6.42 Å². The number of hydrogen-bond acceptors (Lipinski definition) is 3. The topological polar surface area (TPSA) is 55.2 Å². The molecule has 124 valence electrons. The van der Waals surface area contributed by atoms with Crippen LogP contribution in [0.2, 0.25) is 0 Å². The predicted octanol–water partition coefficient (Wildman–Crippen LogP) is 5.19. The fraction of sp³-hybridized carbons (Fsp3) is 0.143. The number of nitrogens with one attached hydrogen (secondary N) is 1. The first-order chi connectivity index (χ1) is 12.2. The largest absolute Gasteiger partial charge is 0.384 e. The van der Waals surface area contributed by atoms with E-state index in [0.717, 1.165) is 30.5 Å². The summed E-state index contributed by atoms with van der Waals surface area (Å²) in [6, 6.07) is 19.4. The quantitative estimate of drug-likeness (QED) is 0.517. The molecule has 3 aromatic carbocycles. The zero-order chi connectivity index (χ0) is 17.2. The molecule has 0 aliphatic heterocycles. The Morgan fingerprint density at radius 2 is 1.72 bits per heavy atom. The highest BCUT2D eigenvalue weighted by molar-refractivity contribution is 5.99. The van der Waals surface area contributed by atoms with Crippen molar-refractivity contribution in [3.63, 3.8) is 0 Å². The highest BCUT2D eigenvalue weighted by Crippen LogP contribution is 2.32. The number of allylic oxidation sites excluding steroid dienone is 1. The molecule has 0 bridgehead atoms. The molecule has 1 aliphatic rings. The lowest BCUT2D eigenvalue weighted by Gasteiger charge is -2.11. The average Bonchev–Trinajstić information content (AvgIpc) is 3.05. The van der Waals surface area contributed by atoms with Crippen molar-refractivity contribution in [2.75, 3.05) is 11.9 Å². The zero-order valence-electron chi connectivity index (χ0n) is 13.7. The fourth-order valence-electron chi connectivity index (χ4n) is 3.52. The normalized spacial score (nSPS) is 12.7. The van der Waals surface area contributed by atoms with Crippen LogP contribution >= 0.6 is 0 Å². The van der Waals surface area contributed by atoms with Gasteiger partial charge in [0.2, 0.25) is 0 Å². The first-order valence-electron chi connectivity index (χ1n) is 8.41. The number of benzene rings is 3. The van der Waals surface area contributed by atoms with Crippen LogP contribution in [0.4, 0.5) is 11.4 Å². The van der Waals surface area contributed by atoms with Crippen LogP contribution in [0, 0.1) is 10.1 Å². The van der Waals surface area contributed by atoms with Crippen LogP contribution in [0.3, 0.4) is 0 Å². The summed E-state index contributed by atoms with van der Waals surface area (Å²) in [4.78, 5) is 10.9. The summed E-state index contributed by atoms with van der Waals surface area (Å²) in [6.07, 6.45) is 4.23. The van der Waals surface area contributed by atoms with E-state index >= 15 is 0 Å². The van der Waals surface area contributed by atoms with Gasteiger partial charge in [-0.25, -0.2) is 0 Å². The van der Waals surface area contributed by atoms with Crippen molar-refractivity contribution >= 4 is 27.7 Å². The molecule has 1 aliphatic carbocycles. The Balaban J connectivity index is 1.53. The molecule has 25 heavy (non-hydrogen) atoms. The number of rotatable bonds is 5. The molecular weight excluding hydrogens is 312 g/mol. The fourth-order valence-corrected chi connectivity index (χ4v) is 3.52. The third kappa shape index (κ3) is 2.87. The second kappa shape index (κ2) is 6.40. The Morgan fingerprint density at radius 1 is 0.960 bits per heavy atom. The lowest BCUT2D eigenvalue weighted by Crippen LogP contribution is -2.03. The van der Waals surface area contributed by atoms with E-state index in [9.17, 15) is 10.1 Å². The van der Waals surface area contributed by atoms with E-state index in [1.54, 1.807) is 18.2 Å². The monoisotopic (exact) mass is 330 g/mol. The van der Waals surface area contributed by atoms with Gasteiger partial charge in [-0.1, -0.05) is 48.5 Å². The van der Waals surface area contributed by atoms with Gasteiger partial charge in [-0.15, -0.1) is 0 Å². The van der Waals surface area contributed by atoms with E-state index in [4.69, 9.17) is 0 Å². The maximum Gasteiger partial charge on any atom is 0.277 e. The molecule has 0 fully saturated rings. The van der Waals surface area contributed by atoms with Gasteiger partial charge in [0, 0.05) is 23.7 Å². The van der Waals surface area contributed by atoms with Crippen molar-refractivity contribution in [1.82, 2.24) is 0 Å². The molecule has 0 radical (unpaired) electrons. The second-order valence-corrected chi connectivity index (χ2v) is 6.20. The molecule has 1 N–H and O–H groups in total. The smallest absolute Gasteiger partial charge is 0.277 e. The predicted molar refractivity (Wildman–Crippen MR) is 102 cm³/mol. The summed E-state index contributed by atoms with van der Waals surface area (Å²) in [5, 5.41) is 16.2. The highest BCUT2D eigenvalue weighted by atomic mass is 16.6. The van der Waals surface area contributed by atoms with Gasteiger partial charge in [-0.3, -0.25) is 10.1 Å². The van der Waals surface area contributed by atoms with Crippen molar-refractivity contribution < 1.29 is 4.92 Å². The molecule has 0 unspecified atom stereocenters. The molecule has 0 saturated heterocycles. The molecule has 4 rings (SSSR count). The number of nitrogens with zero attached hydrogens (tertiary/aromatic N) is 1. The van der Waals surface area contributed by atoms with Gasteiger partial charge in [0.1, 0.15) is 0 Å². The van der Waals surface area contributed by atoms with Gasteiger partial charge in [-0.2, -0.15) is 0 Å². The summed E-state index contributed by atoms with van der Waals surface area (Å²) in [5.74, 6) is 0. The molecule has 4 nitrogen and oxygen atoms in total. The van der Waals surface area contributed by atoms with Crippen LogP contribution in [0.25, 0.3) is 16.3 Å². The number of anilines is 1. The number of nitro groups is 1. The molecule has 0 heterocycles. The van der Waals surface area contributed by atoms with Gasteiger partial charge in [0.15, 0.2) is 0 Å². The van der Waals surface area contributed by atoms with Gasteiger partial charge in [0.25, 0.3) is 5.69 Å². The molecular formula is C21H18N2O2. The van der Waals surface area contributed by atoms with Crippen molar-refractivity contribution in [3.05, 3.63) is 88.0 Å². The molecule has 3 aromatic rings. The number of hydrogen-bond donors (Lipinski definition) is 1. The Labute approximate surface area is 146 Å². The zero-order valence-corrected chi connectivity index (χ0v) is 13.7.